The maximum atomic E-state index is 10.6. The third-order valence-corrected chi connectivity index (χ3v) is 3.06. The van der Waals surface area contributed by atoms with Crippen molar-refractivity contribution in [3.05, 3.63) is 0 Å². The van der Waals surface area contributed by atoms with E-state index in [1.165, 1.54) is 6.42 Å². The van der Waals surface area contributed by atoms with Gasteiger partial charge in [0, 0.05) is 12.6 Å². The van der Waals surface area contributed by atoms with Gasteiger partial charge in [-0.1, -0.05) is 6.92 Å². The molecule has 1 aliphatic heterocycles. The van der Waals surface area contributed by atoms with Gasteiger partial charge in [-0.3, -0.25) is 4.79 Å². The summed E-state index contributed by atoms with van der Waals surface area (Å²) >= 11 is 0. The molecule has 1 saturated heterocycles. The molecule has 16 heavy (non-hydrogen) atoms. The third-order valence-electron chi connectivity index (χ3n) is 3.06. The van der Waals surface area contributed by atoms with Gasteiger partial charge in [0.15, 0.2) is 0 Å². The summed E-state index contributed by atoms with van der Waals surface area (Å²) in [5.74, 6) is -0.657. The number of hydrogen-bond acceptors (Lipinski definition) is 4. The van der Waals surface area contributed by atoms with Gasteiger partial charge < -0.3 is 21.1 Å². The molecule has 4 N–H and O–H groups in total. The Bertz CT molecular complexity index is 215. The normalized spacial score (nSPS) is 20.9. The fourth-order valence-electron chi connectivity index (χ4n) is 2.06. The van der Waals surface area contributed by atoms with Crippen LogP contribution in [0.4, 0.5) is 0 Å². The van der Waals surface area contributed by atoms with Gasteiger partial charge in [-0.15, -0.1) is 0 Å². The van der Waals surface area contributed by atoms with Crippen LogP contribution in [0.15, 0.2) is 0 Å². The standard InChI is InChI=1S/C11H23N3O2/c1-2-5-14-6-3-9(4-7-14)13-8-10(15)11(12)16/h9-10,13,15H,2-8H2,1H3,(H2,12,16). The number of nitrogens with one attached hydrogen (secondary N) is 1. The van der Waals surface area contributed by atoms with Gasteiger partial charge in [-0.05, 0) is 38.9 Å². The Morgan fingerprint density at radius 1 is 1.56 bits per heavy atom. The van der Waals surface area contributed by atoms with Crippen molar-refractivity contribution in [2.45, 2.75) is 38.3 Å². The van der Waals surface area contributed by atoms with Gasteiger partial charge in [0.1, 0.15) is 6.10 Å². The Morgan fingerprint density at radius 2 is 2.19 bits per heavy atom. The first-order valence-corrected chi connectivity index (χ1v) is 6.06. The number of carbonyl (C=O) groups excluding carboxylic acids is 1. The summed E-state index contributed by atoms with van der Waals surface area (Å²) in [5.41, 5.74) is 4.98. The molecule has 0 aromatic heterocycles. The van der Waals surface area contributed by atoms with Crippen molar-refractivity contribution >= 4 is 5.91 Å². The zero-order valence-electron chi connectivity index (χ0n) is 9.98. The second kappa shape index (κ2) is 6.83. The van der Waals surface area contributed by atoms with Crippen LogP contribution in [0.1, 0.15) is 26.2 Å². The summed E-state index contributed by atoms with van der Waals surface area (Å²) in [6.45, 7) is 5.81. The second-order valence-electron chi connectivity index (χ2n) is 4.44. The molecule has 94 valence electrons. The quantitative estimate of drug-likeness (QED) is 0.562. The van der Waals surface area contributed by atoms with Crippen LogP contribution in [0, 0.1) is 0 Å². The number of nitrogens with two attached hydrogens (primary N) is 1. The molecule has 1 heterocycles. The summed E-state index contributed by atoms with van der Waals surface area (Å²) in [4.78, 5) is 13.1. The van der Waals surface area contributed by atoms with Crippen molar-refractivity contribution in [1.29, 1.82) is 0 Å². The van der Waals surface area contributed by atoms with E-state index in [2.05, 4.69) is 17.1 Å². The topological polar surface area (TPSA) is 78.6 Å². The minimum absolute atomic E-state index is 0.272. The molecule has 0 aromatic carbocycles. The molecule has 0 aromatic rings. The minimum Gasteiger partial charge on any atom is -0.382 e. The molecule has 0 bridgehead atoms. The average Bonchev–Trinajstić information content (AvgIpc) is 2.28. The van der Waals surface area contributed by atoms with Gasteiger partial charge in [0.05, 0.1) is 0 Å². The monoisotopic (exact) mass is 229 g/mol. The smallest absolute Gasteiger partial charge is 0.247 e. The maximum Gasteiger partial charge on any atom is 0.247 e. The summed E-state index contributed by atoms with van der Waals surface area (Å²) in [6, 6.07) is 0.405. The van der Waals surface area contributed by atoms with Gasteiger partial charge in [0.2, 0.25) is 5.91 Å². The van der Waals surface area contributed by atoms with Crippen molar-refractivity contribution in [2.75, 3.05) is 26.2 Å². The van der Waals surface area contributed by atoms with Crippen molar-refractivity contribution in [2.24, 2.45) is 5.73 Å². The first kappa shape index (κ1) is 13.4. The zero-order valence-corrected chi connectivity index (χ0v) is 9.98. The first-order valence-electron chi connectivity index (χ1n) is 6.06. The van der Waals surface area contributed by atoms with Gasteiger partial charge in [-0.25, -0.2) is 0 Å². The molecule has 1 aliphatic rings. The van der Waals surface area contributed by atoms with Crippen LogP contribution in [0.3, 0.4) is 0 Å². The van der Waals surface area contributed by atoms with E-state index in [0.717, 1.165) is 32.5 Å². The summed E-state index contributed by atoms with van der Waals surface area (Å²) in [6.07, 6.45) is 2.28. The van der Waals surface area contributed by atoms with Crippen molar-refractivity contribution in [1.82, 2.24) is 10.2 Å². The van der Waals surface area contributed by atoms with E-state index in [0.29, 0.717) is 6.04 Å². The summed E-state index contributed by atoms with van der Waals surface area (Å²) in [5, 5.41) is 12.4. The van der Waals surface area contributed by atoms with Crippen LogP contribution < -0.4 is 11.1 Å². The Kier molecular flexibility index (Phi) is 5.73. The molecule has 0 radical (unpaired) electrons. The highest BCUT2D eigenvalue weighted by atomic mass is 16.3. The number of amides is 1. The van der Waals surface area contributed by atoms with Gasteiger partial charge in [0.25, 0.3) is 0 Å². The number of primary amides is 1. The molecule has 5 nitrogen and oxygen atoms in total. The number of hydrogen-bond donors (Lipinski definition) is 3. The molecule has 5 heteroatoms. The molecule has 1 unspecified atom stereocenters. The van der Waals surface area contributed by atoms with Crippen LogP contribution in [0.5, 0.6) is 0 Å². The first-order chi connectivity index (χ1) is 7.63. The van der Waals surface area contributed by atoms with E-state index in [4.69, 9.17) is 5.73 Å². The number of aliphatic hydroxyl groups excluding tert-OH is 1. The van der Waals surface area contributed by atoms with E-state index in [1.54, 1.807) is 0 Å². The lowest BCUT2D eigenvalue weighted by molar-refractivity contribution is -0.125. The molecule has 0 saturated carbocycles. The molecular formula is C11H23N3O2. The largest absolute Gasteiger partial charge is 0.382 e. The van der Waals surface area contributed by atoms with Gasteiger partial charge in [-0.2, -0.15) is 0 Å². The summed E-state index contributed by atoms with van der Waals surface area (Å²) in [7, 11) is 0. The molecule has 1 fully saturated rings. The van der Waals surface area contributed by atoms with E-state index in [1.807, 2.05) is 0 Å². The predicted molar refractivity (Wildman–Crippen MR) is 63.0 cm³/mol. The lowest BCUT2D eigenvalue weighted by atomic mass is 10.0. The third kappa shape index (κ3) is 4.47. The molecule has 1 rings (SSSR count). The van der Waals surface area contributed by atoms with Gasteiger partial charge >= 0.3 is 0 Å². The Hall–Kier alpha value is -0.650. The minimum atomic E-state index is -1.06. The van der Waals surface area contributed by atoms with Crippen molar-refractivity contribution < 1.29 is 9.90 Å². The SMILES string of the molecule is CCCN1CCC(NCC(O)C(N)=O)CC1. The van der Waals surface area contributed by atoms with Crippen LogP contribution in [-0.4, -0.2) is 54.2 Å². The number of aliphatic hydroxyl groups is 1. The average molecular weight is 229 g/mol. The fourth-order valence-corrected chi connectivity index (χ4v) is 2.06. The highest BCUT2D eigenvalue weighted by Crippen LogP contribution is 2.10. The Balaban J connectivity index is 2.14. The molecular weight excluding hydrogens is 206 g/mol. The molecule has 1 amide bonds. The lowest BCUT2D eigenvalue weighted by Gasteiger charge is -2.32. The number of nitrogens with zero attached hydrogens (tertiary/aromatic N) is 1. The van der Waals surface area contributed by atoms with Crippen LogP contribution >= 0.6 is 0 Å². The number of piperidine rings is 1. The van der Waals surface area contributed by atoms with E-state index >= 15 is 0 Å². The van der Waals surface area contributed by atoms with Crippen LogP contribution in [0.25, 0.3) is 0 Å². The fraction of sp³-hybridized carbons (Fsp3) is 0.909. The number of rotatable bonds is 6. The zero-order chi connectivity index (χ0) is 12.0. The van der Waals surface area contributed by atoms with E-state index in [9.17, 15) is 9.90 Å². The molecule has 1 atom stereocenters. The van der Waals surface area contributed by atoms with Crippen LogP contribution in [0.2, 0.25) is 0 Å². The molecule has 0 aliphatic carbocycles. The Labute approximate surface area is 97.0 Å². The molecule has 0 spiro atoms. The second-order valence-corrected chi connectivity index (χ2v) is 4.44. The number of carbonyl (C=O) groups is 1. The van der Waals surface area contributed by atoms with Crippen molar-refractivity contribution in [3.8, 4) is 0 Å². The van der Waals surface area contributed by atoms with Crippen molar-refractivity contribution in [3.63, 3.8) is 0 Å². The maximum absolute atomic E-state index is 10.6. The van der Waals surface area contributed by atoms with E-state index < -0.39 is 12.0 Å². The highest BCUT2D eigenvalue weighted by molar-refractivity contribution is 5.78. The lowest BCUT2D eigenvalue weighted by Crippen LogP contribution is -2.46. The predicted octanol–water partition coefficient (Wildman–Crippen LogP) is -0.703. The Morgan fingerprint density at radius 3 is 2.69 bits per heavy atom. The number of likely N-dealkylation sites (tertiary alicyclic amines) is 1. The summed E-state index contributed by atoms with van der Waals surface area (Å²) < 4.78 is 0. The van der Waals surface area contributed by atoms with E-state index in [-0.39, 0.29) is 6.54 Å². The highest BCUT2D eigenvalue weighted by Gasteiger charge is 2.19. The van der Waals surface area contributed by atoms with Crippen LogP contribution in [-0.2, 0) is 4.79 Å².